The maximum Gasteiger partial charge on any atom is 0.534 e. The first kappa shape index (κ1) is 36.5. The third-order valence-electron chi connectivity index (χ3n) is 8.23. The van der Waals surface area contributed by atoms with Crippen LogP contribution in [0, 0.1) is 0 Å². The van der Waals surface area contributed by atoms with Gasteiger partial charge in [-0.05, 0) is 53.1 Å². The fourth-order valence-electron chi connectivity index (χ4n) is 6.06. The van der Waals surface area contributed by atoms with E-state index in [-0.39, 0.29) is 28.0 Å². The molecule has 278 valence electrons. The minimum Gasteiger partial charge on any atom is -0.493 e. The molecule has 0 saturated carbocycles. The quantitative estimate of drug-likeness (QED) is 0.0849. The smallest absolute Gasteiger partial charge is 0.493 e. The van der Waals surface area contributed by atoms with Gasteiger partial charge in [0.15, 0.2) is 34.5 Å². The van der Waals surface area contributed by atoms with Gasteiger partial charge in [-0.25, -0.2) is 4.79 Å². The Morgan fingerprint density at radius 1 is 0.692 bits per heavy atom. The number of hydrogen-bond acceptors (Lipinski definition) is 13. The molecule has 21 heteroatoms. The third-order valence-corrected chi connectivity index (χ3v) is 10.2. The van der Waals surface area contributed by atoms with Crippen LogP contribution >= 0.6 is 0 Å². The summed E-state index contributed by atoms with van der Waals surface area (Å²) in [5.74, 6) is -3.16. The highest BCUT2D eigenvalue weighted by molar-refractivity contribution is 7.88. The van der Waals surface area contributed by atoms with Crippen LogP contribution < -0.4 is 37.8 Å². The van der Waals surface area contributed by atoms with Gasteiger partial charge in [0, 0.05) is 29.1 Å². The zero-order valence-electron chi connectivity index (χ0n) is 26.8. The number of nitrogens with zero attached hydrogens (tertiary/aromatic N) is 1. The molecule has 0 aliphatic carbocycles. The molecule has 0 spiro atoms. The molecule has 0 radical (unpaired) electrons. The largest absolute Gasteiger partial charge is 0.534 e. The second-order valence-electron chi connectivity index (χ2n) is 11.0. The van der Waals surface area contributed by atoms with E-state index in [2.05, 4.69) is 8.37 Å². The predicted octanol–water partition coefficient (Wildman–Crippen LogP) is 5.96. The van der Waals surface area contributed by atoms with Gasteiger partial charge in [0.05, 0.1) is 34.5 Å². The maximum absolute atomic E-state index is 13.8. The fraction of sp³-hybridized carbons (Fsp3) is 0.258. The fourth-order valence-corrected chi connectivity index (χ4v) is 6.99. The Labute approximate surface area is 289 Å². The van der Waals surface area contributed by atoms with E-state index in [4.69, 9.17) is 23.4 Å². The van der Waals surface area contributed by atoms with Crippen molar-refractivity contribution < 1.29 is 74.9 Å². The number of benzene rings is 3. The third kappa shape index (κ3) is 5.86. The molecule has 0 bridgehead atoms. The zero-order chi connectivity index (χ0) is 38.1. The summed E-state index contributed by atoms with van der Waals surface area (Å²) in [6.45, 7) is 0. The van der Waals surface area contributed by atoms with Crippen molar-refractivity contribution in [2.24, 2.45) is 0 Å². The van der Waals surface area contributed by atoms with Crippen LogP contribution in [-0.4, -0.2) is 56.3 Å². The van der Waals surface area contributed by atoms with Gasteiger partial charge in [0.25, 0.3) is 0 Å². The number of methoxy groups -OCH3 is 4. The van der Waals surface area contributed by atoms with Crippen LogP contribution in [0.25, 0.3) is 17.0 Å². The van der Waals surface area contributed by atoms with Crippen molar-refractivity contribution >= 4 is 43.0 Å². The van der Waals surface area contributed by atoms with Crippen LogP contribution in [0.3, 0.4) is 0 Å². The van der Waals surface area contributed by atoms with Gasteiger partial charge >= 0.3 is 36.9 Å². The Balaban J connectivity index is 1.64. The molecule has 6 rings (SSSR count). The molecule has 0 amide bonds. The van der Waals surface area contributed by atoms with E-state index in [1.165, 1.54) is 37.5 Å². The number of rotatable bonds is 9. The summed E-state index contributed by atoms with van der Waals surface area (Å²) in [5.41, 5.74) is -11.7. The number of anilines is 1. The lowest BCUT2D eigenvalue weighted by Gasteiger charge is -2.33. The van der Waals surface area contributed by atoms with Crippen molar-refractivity contribution in [3.63, 3.8) is 0 Å². The molecule has 3 heterocycles. The molecule has 0 fully saturated rings. The molecule has 2 unspecified atom stereocenters. The molecule has 13 nitrogen and oxygen atoms in total. The summed E-state index contributed by atoms with van der Waals surface area (Å²) in [7, 11) is -7.47. The Morgan fingerprint density at radius 2 is 1.23 bits per heavy atom. The first-order valence-electron chi connectivity index (χ1n) is 14.4. The zero-order valence-corrected chi connectivity index (χ0v) is 28.4. The lowest BCUT2D eigenvalue weighted by Crippen LogP contribution is -2.28. The van der Waals surface area contributed by atoms with Gasteiger partial charge in [-0.2, -0.15) is 43.2 Å². The number of ether oxygens (including phenoxy) is 4. The van der Waals surface area contributed by atoms with Gasteiger partial charge in [0.1, 0.15) is 11.3 Å². The monoisotopic (exact) mass is 779 g/mol. The molecule has 0 saturated heterocycles. The van der Waals surface area contributed by atoms with Crippen LogP contribution in [-0.2, 0) is 20.2 Å². The van der Waals surface area contributed by atoms with Gasteiger partial charge in [-0.15, -0.1) is 0 Å². The summed E-state index contributed by atoms with van der Waals surface area (Å²) in [6.07, 6.45) is 3.18. The van der Waals surface area contributed by atoms with Crippen molar-refractivity contribution in [2.45, 2.75) is 23.0 Å². The van der Waals surface area contributed by atoms with Crippen molar-refractivity contribution in [3.8, 4) is 34.5 Å². The molecular weight excluding hydrogens is 756 g/mol. The minimum atomic E-state index is -6.20. The highest BCUT2D eigenvalue weighted by Gasteiger charge is 2.51. The van der Waals surface area contributed by atoms with E-state index in [0.717, 1.165) is 32.4 Å². The first-order valence-corrected chi connectivity index (χ1v) is 17.2. The number of alkyl halides is 6. The van der Waals surface area contributed by atoms with Gasteiger partial charge in [-0.1, -0.05) is 6.07 Å². The number of hydrogen-bond donors (Lipinski definition) is 0. The molecule has 3 aromatic carbocycles. The second-order valence-corrected chi connectivity index (χ2v) is 14.1. The lowest BCUT2D eigenvalue weighted by molar-refractivity contribution is -0.0505. The number of halogens is 6. The van der Waals surface area contributed by atoms with Gasteiger partial charge < -0.3 is 36.6 Å². The van der Waals surface area contributed by atoms with Crippen LogP contribution in [0.4, 0.5) is 32.0 Å². The van der Waals surface area contributed by atoms with Crippen LogP contribution in [0.2, 0.25) is 0 Å². The molecule has 52 heavy (non-hydrogen) atoms. The standard InChI is InChI=1S/C31H23F6NO12S2/c1-44-20-10-15(5-6-18(20)49-51(40,41)30(32,33)34)25-26-17-12-23(47-4)24(50-52(42,43)31(35,36)37)13-19(17)48-29(39)28(26)38-8-7-14-9-21(45-2)22(46-3)11-16(14)27(25)38/h5-13,25,27H,1-4H3. The topological polar surface area (TPSA) is 157 Å². The normalized spacial score (nSPS) is 16.9. The highest BCUT2D eigenvalue weighted by Crippen LogP contribution is 2.57. The van der Waals surface area contributed by atoms with Gasteiger partial charge in [-0.3, -0.25) is 0 Å². The SMILES string of the molecule is COc1cc2c(cc1OC)C1C(c3ccc(OS(=O)(=O)C(F)(F)F)c(OC)c3)c3c(c(=O)oc4cc(OS(=O)(=O)C(F)(F)F)c(OC)cc34)N1C=C2. The Morgan fingerprint density at radius 3 is 1.81 bits per heavy atom. The Kier molecular flexibility index (Phi) is 8.72. The molecule has 0 N–H and O–H groups in total. The first-order chi connectivity index (χ1) is 24.3. The van der Waals surface area contributed by atoms with E-state index in [9.17, 15) is 48.0 Å². The summed E-state index contributed by atoms with van der Waals surface area (Å²) < 4.78 is 162. The van der Waals surface area contributed by atoms with Crippen molar-refractivity contribution in [3.05, 3.63) is 81.3 Å². The average Bonchev–Trinajstić information content (AvgIpc) is 3.42. The van der Waals surface area contributed by atoms with Crippen molar-refractivity contribution in [2.75, 3.05) is 33.3 Å². The molecule has 2 aliphatic heterocycles. The van der Waals surface area contributed by atoms with Gasteiger partial charge in [0.2, 0.25) is 0 Å². The Hall–Kier alpha value is -5.31. The average molecular weight is 780 g/mol. The molecule has 4 aromatic rings. The molecule has 2 aliphatic rings. The van der Waals surface area contributed by atoms with Crippen LogP contribution in [0.15, 0.2) is 57.9 Å². The Bertz CT molecular complexity index is 2430. The molecule has 1 aromatic heterocycles. The van der Waals surface area contributed by atoms with Crippen LogP contribution in [0.1, 0.15) is 34.2 Å². The van der Waals surface area contributed by atoms with E-state index < -0.39 is 77.4 Å². The lowest BCUT2D eigenvalue weighted by atomic mass is 9.81. The van der Waals surface area contributed by atoms with Crippen LogP contribution in [0.5, 0.6) is 34.5 Å². The predicted molar refractivity (Wildman–Crippen MR) is 169 cm³/mol. The van der Waals surface area contributed by atoms with E-state index in [0.29, 0.717) is 16.9 Å². The van der Waals surface area contributed by atoms with E-state index in [1.54, 1.807) is 18.2 Å². The summed E-state index contributed by atoms with van der Waals surface area (Å²) in [4.78, 5) is 15.3. The van der Waals surface area contributed by atoms with Crippen molar-refractivity contribution in [1.29, 1.82) is 0 Å². The molecule has 2 atom stereocenters. The summed E-state index contributed by atoms with van der Waals surface area (Å²) >= 11 is 0. The summed E-state index contributed by atoms with van der Waals surface area (Å²) in [5, 5.41) is 0.0250. The van der Waals surface area contributed by atoms with E-state index >= 15 is 0 Å². The summed E-state index contributed by atoms with van der Waals surface area (Å²) in [6, 6.07) is 7.53. The minimum absolute atomic E-state index is 0.0250. The number of fused-ring (bicyclic) bond motifs is 7. The van der Waals surface area contributed by atoms with Crippen molar-refractivity contribution in [1.82, 2.24) is 0 Å². The maximum atomic E-state index is 13.8. The highest BCUT2D eigenvalue weighted by atomic mass is 32.2. The second kappa shape index (κ2) is 12.4. The molecular formula is C31H23F6NO12S2. The van der Waals surface area contributed by atoms with E-state index in [1.807, 2.05) is 0 Å².